The van der Waals surface area contributed by atoms with Crippen LogP contribution in [0.4, 0.5) is 4.39 Å². The lowest BCUT2D eigenvalue weighted by atomic mass is 9.99. The minimum Gasteiger partial charge on any atom is -0.481 e. The summed E-state index contributed by atoms with van der Waals surface area (Å²) in [5, 5.41) is 10.6. The molecule has 0 spiro atoms. The van der Waals surface area contributed by atoms with Crippen molar-refractivity contribution in [2.24, 2.45) is 0 Å². The number of halogens is 1. The van der Waals surface area contributed by atoms with E-state index in [-0.39, 0.29) is 5.82 Å². The van der Waals surface area contributed by atoms with Gasteiger partial charge in [0.05, 0.1) is 5.92 Å². The summed E-state index contributed by atoms with van der Waals surface area (Å²) in [4.78, 5) is 11.0. The molecule has 0 saturated heterocycles. The Balaban J connectivity index is 2.27. The summed E-state index contributed by atoms with van der Waals surface area (Å²) in [5.74, 6) is -1.82. The number of fused-ring (bicyclic) bond motifs is 3. The Morgan fingerprint density at radius 2 is 1.95 bits per heavy atom. The van der Waals surface area contributed by atoms with Gasteiger partial charge in [-0.1, -0.05) is 6.07 Å². The van der Waals surface area contributed by atoms with Crippen LogP contribution in [0.1, 0.15) is 18.4 Å². The van der Waals surface area contributed by atoms with Crippen molar-refractivity contribution >= 4 is 27.9 Å². The number of carbonyl (C=O) groups is 1. The molecular formula is C15H11FO3. The van der Waals surface area contributed by atoms with Gasteiger partial charge in [0.2, 0.25) is 0 Å². The zero-order valence-electron chi connectivity index (χ0n) is 10.2. The normalized spacial score (nSPS) is 12.9. The SMILES string of the molecule is CC(C(=O)O)c1ccc2oc3cc(F)ccc3c2c1. The lowest BCUT2D eigenvalue weighted by Gasteiger charge is -2.05. The minimum absolute atomic E-state index is 0.356. The Bertz CT molecular complexity index is 789. The number of carboxylic acid groups (broad SMARTS) is 1. The average Bonchev–Trinajstić information content (AvgIpc) is 2.73. The summed E-state index contributed by atoms with van der Waals surface area (Å²) in [5.41, 5.74) is 1.80. The van der Waals surface area contributed by atoms with Crippen LogP contribution in [0.3, 0.4) is 0 Å². The first-order valence-corrected chi connectivity index (χ1v) is 5.91. The third kappa shape index (κ3) is 1.85. The van der Waals surface area contributed by atoms with Gasteiger partial charge in [-0.25, -0.2) is 4.39 Å². The average molecular weight is 258 g/mol. The van der Waals surface area contributed by atoms with E-state index in [4.69, 9.17) is 9.52 Å². The standard InChI is InChI=1S/C15H11FO3/c1-8(15(17)18)9-2-5-13-12(6-9)11-4-3-10(16)7-14(11)19-13/h2-8H,1H3,(H,17,18). The molecule has 2 aromatic carbocycles. The van der Waals surface area contributed by atoms with Crippen LogP contribution in [-0.4, -0.2) is 11.1 Å². The summed E-state index contributed by atoms with van der Waals surface area (Å²) in [6.07, 6.45) is 0. The maximum absolute atomic E-state index is 13.1. The monoisotopic (exact) mass is 258 g/mol. The molecule has 0 aliphatic rings. The van der Waals surface area contributed by atoms with E-state index in [0.717, 1.165) is 10.8 Å². The van der Waals surface area contributed by atoms with Crippen molar-refractivity contribution in [2.75, 3.05) is 0 Å². The van der Waals surface area contributed by atoms with Crippen LogP contribution in [0, 0.1) is 5.82 Å². The molecule has 0 aliphatic carbocycles. The van der Waals surface area contributed by atoms with Crippen LogP contribution in [0.2, 0.25) is 0 Å². The first kappa shape index (κ1) is 11.7. The molecule has 1 unspecified atom stereocenters. The fourth-order valence-electron chi connectivity index (χ4n) is 2.18. The van der Waals surface area contributed by atoms with Gasteiger partial charge in [-0.3, -0.25) is 4.79 Å². The smallest absolute Gasteiger partial charge is 0.310 e. The van der Waals surface area contributed by atoms with Crippen LogP contribution in [0.5, 0.6) is 0 Å². The first-order valence-electron chi connectivity index (χ1n) is 5.91. The van der Waals surface area contributed by atoms with Crippen LogP contribution < -0.4 is 0 Å². The second-order valence-electron chi connectivity index (χ2n) is 4.56. The van der Waals surface area contributed by atoms with Gasteiger partial charge in [0.1, 0.15) is 17.0 Å². The summed E-state index contributed by atoms with van der Waals surface area (Å²) in [6.45, 7) is 1.63. The fraction of sp³-hybridized carbons (Fsp3) is 0.133. The molecule has 0 aliphatic heterocycles. The quantitative estimate of drug-likeness (QED) is 0.758. The third-order valence-corrected chi connectivity index (χ3v) is 3.33. The van der Waals surface area contributed by atoms with Crippen molar-refractivity contribution < 1.29 is 18.7 Å². The van der Waals surface area contributed by atoms with Gasteiger partial charge in [0.15, 0.2) is 0 Å². The first-order chi connectivity index (χ1) is 9.06. The van der Waals surface area contributed by atoms with E-state index in [9.17, 15) is 9.18 Å². The van der Waals surface area contributed by atoms with Crippen molar-refractivity contribution in [1.29, 1.82) is 0 Å². The van der Waals surface area contributed by atoms with E-state index in [2.05, 4.69) is 0 Å². The molecule has 0 fully saturated rings. The Morgan fingerprint density at radius 1 is 1.16 bits per heavy atom. The van der Waals surface area contributed by atoms with Gasteiger partial charge >= 0.3 is 5.97 Å². The molecule has 1 aromatic heterocycles. The molecule has 0 amide bonds. The molecule has 1 N–H and O–H groups in total. The minimum atomic E-state index is -0.877. The summed E-state index contributed by atoms with van der Waals surface area (Å²) >= 11 is 0. The number of hydrogen-bond donors (Lipinski definition) is 1. The van der Waals surface area contributed by atoms with Crippen LogP contribution in [0.15, 0.2) is 40.8 Å². The molecule has 3 aromatic rings. The van der Waals surface area contributed by atoms with Crippen molar-refractivity contribution in [1.82, 2.24) is 0 Å². The summed E-state index contributed by atoms with van der Waals surface area (Å²) in [7, 11) is 0. The van der Waals surface area contributed by atoms with Crippen LogP contribution in [-0.2, 0) is 4.79 Å². The lowest BCUT2D eigenvalue weighted by molar-refractivity contribution is -0.138. The van der Waals surface area contributed by atoms with Gasteiger partial charge < -0.3 is 9.52 Å². The van der Waals surface area contributed by atoms with Crippen LogP contribution >= 0.6 is 0 Å². The predicted molar refractivity (Wildman–Crippen MR) is 69.7 cm³/mol. The number of hydrogen-bond acceptors (Lipinski definition) is 2. The molecule has 1 atom stereocenters. The van der Waals surface area contributed by atoms with E-state index in [1.807, 2.05) is 0 Å². The highest BCUT2D eigenvalue weighted by Gasteiger charge is 2.16. The largest absolute Gasteiger partial charge is 0.481 e. The molecule has 0 saturated carbocycles. The topological polar surface area (TPSA) is 50.4 Å². The maximum atomic E-state index is 13.1. The fourth-order valence-corrected chi connectivity index (χ4v) is 2.18. The van der Waals surface area contributed by atoms with Crippen molar-refractivity contribution in [2.45, 2.75) is 12.8 Å². The highest BCUT2D eigenvalue weighted by atomic mass is 19.1. The lowest BCUT2D eigenvalue weighted by Crippen LogP contribution is -2.06. The number of benzene rings is 2. The third-order valence-electron chi connectivity index (χ3n) is 3.33. The Labute approximate surface area is 108 Å². The Morgan fingerprint density at radius 3 is 2.68 bits per heavy atom. The molecule has 0 radical (unpaired) electrons. The van der Waals surface area contributed by atoms with Crippen molar-refractivity contribution in [3.63, 3.8) is 0 Å². The van der Waals surface area contributed by atoms with E-state index >= 15 is 0 Å². The second-order valence-corrected chi connectivity index (χ2v) is 4.56. The molecular weight excluding hydrogens is 247 g/mol. The molecule has 3 rings (SSSR count). The number of rotatable bonds is 2. The zero-order valence-corrected chi connectivity index (χ0v) is 10.2. The number of carboxylic acids is 1. The van der Waals surface area contributed by atoms with E-state index < -0.39 is 11.9 Å². The molecule has 1 heterocycles. The summed E-state index contributed by atoms with van der Waals surface area (Å²) in [6, 6.07) is 9.58. The second kappa shape index (κ2) is 4.09. The van der Waals surface area contributed by atoms with Gasteiger partial charge in [0.25, 0.3) is 0 Å². The molecule has 19 heavy (non-hydrogen) atoms. The molecule has 96 valence electrons. The van der Waals surface area contributed by atoms with Crippen molar-refractivity contribution in [3.8, 4) is 0 Å². The van der Waals surface area contributed by atoms with Crippen molar-refractivity contribution in [3.05, 3.63) is 47.8 Å². The van der Waals surface area contributed by atoms with Gasteiger partial charge in [-0.15, -0.1) is 0 Å². The molecule has 0 bridgehead atoms. The van der Waals surface area contributed by atoms with Gasteiger partial charge in [-0.2, -0.15) is 0 Å². The van der Waals surface area contributed by atoms with E-state index in [1.54, 1.807) is 31.2 Å². The Hall–Kier alpha value is -2.36. The Kier molecular flexibility index (Phi) is 2.52. The zero-order chi connectivity index (χ0) is 13.6. The number of furan rings is 1. The van der Waals surface area contributed by atoms with Gasteiger partial charge in [0, 0.05) is 16.8 Å². The molecule has 3 nitrogen and oxygen atoms in total. The summed E-state index contributed by atoms with van der Waals surface area (Å²) < 4.78 is 18.7. The van der Waals surface area contributed by atoms with Crippen LogP contribution in [0.25, 0.3) is 21.9 Å². The highest BCUT2D eigenvalue weighted by Crippen LogP contribution is 2.31. The predicted octanol–water partition coefficient (Wildman–Crippen LogP) is 3.91. The highest BCUT2D eigenvalue weighted by molar-refractivity contribution is 6.05. The maximum Gasteiger partial charge on any atom is 0.310 e. The van der Waals surface area contributed by atoms with E-state index in [1.165, 1.54) is 12.1 Å². The number of aliphatic carboxylic acids is 1. The van der Waals surface area contributed by atoms with Gasteiger partial charge in [-0.05, 0) is 36.8 Å². The molecule has 4 heteroatoms. The van der Waals surface area contributed by atoms with E-state index in [0.29, 0.717) is 16.7 Å².